The number of ketones is 1. The molecule has 4 nitrogen and oxygen atoms in total. The molecule has 25 heavy (non-hydrogen) atoms. The molecule has 0 aliphatic carbocycles. The zero-order chi connectivity index (χ0) is 18.4. The Kier molecular flexibility index (Phi) is 6.30. The smallest absolute Gasteiger partial charge is 0.343 e. The minimum absolute atomic E-state index is 0.0302. The fourth-order valence-electron chi connectivity index (χ4n) is 2.08. The molecule has 0 bridgehead atoms. The summed E-state index contributed by atoms with van der Waals surface area (Å²) in [6.07, 6.45) is -1.79. The van der Waals surface area contributed by atoms with Gasteiger partial charge in [0.25, 0.3) is 0 Å². The summed E-state index contributed by atoms with van der Waals surface area (Å²) in [5.74, 6) is -6.32. The van der Waals surface area contributed by atoms with Crippen molar-refractivity contribution in [2.75, 3.05) is 6.61 Å². The van der Waals surface area contributed by atoms with E-state index >= 15 is 0 Å². The van der Waals surface area contributed by atoms with Gasteiger partial charge < -0.3 is 9.47 Å². The summed E-state index contributed by atoms with van der Waals surface area (Å²) >= 11 is 0. The molecule has 0 saturated carbocycles. The lowest BCUT2D eigenvalue weighted by atomic mass is 10.0. The summed E-state index contributed by atoms with van der Waals surface area (Å²) in [5, 5.41) is 0. The van der Waals surface area contributed by atoms with Crippen molar-refractivity contribution in [3.63, 3.8) is 0 Å². The molecule has 2 aromatic carbocycles. The van der Waals surface area contributed by atoms with Crippen molar-refractivity contribution in [2.24, 2.45) is 0 Å². The van der Waals surface area contributed by atoms with Crippen LogP contribution in [0.1, 0.15) is 22.8 Å². The monoisotopic (exact) mass is 352 g/mol. The van der Waals surface area contributed by atoms with Gasteiger partial charge in [-0.1, -0.05) is 30.3 Å². The predicted octanol–water partition coefficient (Wildman–Crippen LogP) is 3.44. The van der Waals surface area contributed by atoms with Crippen LogP contribution in [0.15, 0.2) is 42.5 Å². The highest BCUT2D eigenvalue weighted by atomic mass is 19.2. The molecule has 1 atom stereocenters. The van der Waals surface area contributed by atoms with Gasteiger partial charge >= 0.3 is 5.97 Å². The molecule has 0 saturated heterocycles. The third kappa shape index (κ3) is 4.67. The lowest BCUT2D eigenvalue weighted by Crippen LogP contribution is -2.35. The van der Waals surface area contributed by atoms with E-state index in [-0.39, 0.29) is 19.3 Å². The summed E-state index contributed by atoms with van der Waals surface area (Å²) < 4.78 is 50.2. The van der Waals surface area contributed by atoms with Gasteiger partial charge in [0.2, 0.25) is 11.9 Å². The first kappa shape index (κ1) is 18.7. The number of ether oxygens (including phenoxy) is 2. The number of hydrogen-bond acceptors (Lipinski definition) is 4. The SMILES string of the molecule is CCOC(=O)C(OCc1ccccc1)C(=O)c1cc(F)c(F)cc1F. The highest BCUT2D eigenvalue weighted by Gasteiger charge is 2.32. The van der Waals surface area contributed by atoms with Crippen LogP contribution in [0, 0.1) is 17.5 Å². The van der Waals surface area contributed by atoms with Crippen molar-refractivity contribution >= 4 is 11.8 Å². The summed E-state index contributed by atoms with van der Waals surface area (Å²) in [5.41, 5.74) is -0.125. The second-order valence-electron chi connectivity index (χ2n) is 5.04. The molecule has 0 radical (unpaired) electrons. The third-order valence-corrected chi connectivity index (χ3v) is 3.27. The Hall–Kier alpha value is -2.67. The van der Waals surface area contributed by atoms with Crippen LogP contribution >= 0.6 is 0 Å². The van der Waals surface area contributed by atoms with Gasteiger partial charge in [0.1, 0.15) is 5.82 Å². The number of carbonyl (C=O) groups excluding carboxylic acids is 2. The van der Waals surface area contributed by atoms with Crippen LogP contribution in [0.5, 0.6) is 0 Å². The number of rotatable bonds is 7. The molecule has 0 aromatic heterocycles. The van der Waals surface area contributed by atoms with E-state index in [1.165, 1.54) is 6.92 Å². The Morgan fingerprint density at radius 3 is 2.28 bits per heavy atom. The second-order valence-corrected chi connectivity index (χ2v) is 5.04. The van der Waals surface area contributed by atoms with Gasteiger partial charge in [0, 0.05) is 6.07 Å². The molecule has 0 aliphatic rings. The van der Waals surface area contributed by atoms with Crippen LogP contribution in [-0.4, -0.2) is 24.5 Å². The Balaban J connectivity index is 2.26. The van der Waals surface area contributed by atoms with E-state index in [2.05, 4.69) is 0 Å². The first-order chi connectivity index (χ1) is 11.9. The Bertz CT molecular complexity index is 762. The Morgan fingerprint density at radius 1 is 1.00 bits per heavy atom. The fourth-order valence-corrected chi connectivity index (χ4v) is 2.08. The second kappa shape index (κ2) is 8.43. The number of carbonyl (C=O) groups is 2. The number of Topliss-reactive ketones (excluding diaryl/α,β-unsaturated/α-hetero) is 1. The van der Waals surface area contributed by atoms with Gasteiger partial charge in [-0.3, -0.25) is 4.79 Å². The van der Waals surface area contributed by atoms with Gasteiger partial charge in [0.05, 0.1) is 18.8 Å². The van der Waals surface area contributed by atoms with Crippen LogP contribution in [0.25, 0.3) is 0 Å². The molecule has 0 spiro atoms. The van der Waals surface area contributed by atoms with Crippen molar-refractivity contribution < 1.29 is 32.2 Å². The maximum atomic E-state index is 13.8. The van der Waals surface area contributed by atoms with Crippen LogP contribution in [0.4, 0.5) is 13.2 Å². The van der Waals surface area contributed by atoms with Crippen LogP contribution in [-0.2, 0) is 20.9 Å². The standard InChI is InChI=1S/C18H15F3O4/c1-2-24-18(23)17(25-10-11-6-4-3-5-7-11)16(22)12-8-14(20)15(21)9-13(12)19/h3-9,17H,2,10H2,1H3. The topological polar surface area (TPSA) is 52.6 Å². The number of benzene rings is 2. The largest absolute Gasteiger partial charge is 0.464 e. The highest BCUT2D eigenvalue weighted by Crippen LogP contribution is 2.18. The van der Waals surface area contributed by atoms with Crippen LogP contribution < -0.4 is 0 Å². The molecule has 7 heteroatoms. The van der Waals surface area contributed by atoms with Crippen LogP contribution in [0.3, 0.4) is 0 Å². The van der Waals surface area contributed by atoms with E-state index in [0.717, 1.165) is 0 Å². The molecule has 0 heterocycles. The maximum Gasteiger partial charge on any atom is 0.343 e. The molecule has 2 aromatic rings. The van der Waals surface area contributed by atoms with E-state index in [9.17, 15) is 22.8 Å². The van der Waals surface area contributed by atoms with Crippen LogP contribution in [0.2, 0.25) is 0 Å². The number of esters is 1. The quantitative estimate of drug-likeness (QED) is 0.332. The molecule has 2 rings (SSSR count). The first-order valence-corrected chi connectivity index (χ1v) is 7.45. The van der Waals surface area contributed by atoms with E-state index in [1.807, 2.05) is 0 Å². The lowest BCUT2D eigenvalue weighted by molar-refractivity contribution is -0.154. The van der Waals surface area contributed by atoms with E-state index in [4.69, 9.17) is 9.47 Å². The van der Waals surface area contributed by atoms with Gasteiger partial charge in [-0.25, -0.2) is 18.0 Å². The molecule has 0 N–H and O–H groups in total. The average molecular weight is 352 g/mol. The van der Waals surface area contributed by atoms with Crippen molar-refractivity contribution in [3.8, 4) is 0 Å². The van der Waals surface area contributed by atoms with Gasteiger partial charge in [-0.05, 0) is 18.6 Å². The zero-order valence-electron chi connectivity index (χ0n) is 13.3. The molecule has 0 fully saturated rings. The van der Waals surface area contributed by atoms with E-state index < -0.39 is 40.9 Å². The Morgan fingerprint density at radius 2 is 1.64 bits per heavy atom. The van der Waals surface area contributed by atoms with Gasteiger partial charge in [0.15, 0.2) is 11.6 Å². The van der Waals surface area contributed by atoms with Crippen molar-refractivity contribution in [1.29, 1.82) is 0 Å². The summed E-state index contributed by atoms with van der Waals surface area (Å²) in [4.78, 5) is 24.4. The number of hydrogen-bond donors (Lipinski definition) is 0. The molecular formula is C18H15F3O4. The van der Waals surface area contributed by atoms with E-state index in [0.29, 0.717) is 11.6 Å². The zero-order valence-corrected chi connectivity index (χ0v) is 13.3. The lowest BCUT2D eigenvalue weighted by Gasteiger charge is -2.16. The number of halogens is 3. The molecular weight excluding hydrogens is 337 g/mol. The fraction of sp³-hybridized carbons (Fsp3) is 0.222. The minimum Gasteiger partial charge on any atom is -0.464 e. The van der Waals surface area contributed by atoms with Crippen molar-refractivity contribution in [3.05, 3.63) is 71.0 Å². The normalized spacial score (nSPS) is 11.8. The first-order valence-electron chi connectivity index (χ1n) is 7.45. The van der Waals surface area contributed by atoms with Gasteiger partial charge in [-0.2, -0.15) is 0 Å². The summed E-state index contributed by atoms with van der Waals surface area (Å²) in [7, 11) is 0. The highest BCUT2D eigenvalue weighted by molar-refractivity contribution is 6.11. The molecule has 0 aliphatic heterocycles. The maximum absolute atomic E-state index is 13.8. The summed E-state index contributed by atoms with van der Waals surface area (Å²) in [6, 6.07) is 9.26. The minimum atomic E-state index is -1.79. The van der Waals surface area contributed by atoms with Gasteiger partial charge in [-0.15, -0.1) is 0 Å². The van der Waals surface area contributed by atoms with Crippen molar-refractivity contribution in [2.45, 2.75) is 19.6 Å². The molecule has 1 unspecified atom stereocenters. The predicted molar refractivity (Wildman–Crippen MR) is 82.3 cm³/mol. The average Bonchev–Trinajstić information content (AvgIpc) is 2.59. The van der Waals surface area contributed by atoms with Crippen molar-refractivity contribution in [1.82, 2.24) is 0 Å². The molecule has 132 valence electrons. The molecule has 0 amide bonds. The third-order valence-electron chi connectivity index (χ3n) is 3.27. The summed E-state index contributed by atoms with van der Waals surface area (Å²) in [6.45, 7) is 1.37. The Labute approximate surface area is 142 Å². The van der Waals surface area contributed by atoms with E-state index in [1.54, 1.807) is 30.3 Å².